The van der Waals surface area contributed by atoms with Gasteiger partial charge < -0.3 is 19.1 Å². The van der Waals surface area contributed by atoms with Crippen LogP contribution in [0.1, 0.15) is 32.6 Å². The molecule has 108 valence electrons. The molecule has 0 saturated carbocycles. The van der Waals surface area contributed by atoms with E-state index < -0.39 is 0 Å². The molecule has 5 nitrogen and oxygen atoms in total. The van der Waals surface area contributed by atoms with Crippen molar-refractivity contribution >= 4 is 5.97 Å². The van der Waals surface area contributed by atoms with E-state index >= 15 is 0 Å². The molecule has 2 saturated heterocycles. The predicted octanol–water partition coefficient (Wildman–Crippen LogP) is 1.87. The first kappa shape index (κ1) is 13.6. The number of rotatable bonds is 3. The molecule has 0 aromatic rings. The van der Waals surface area contributed by atoms with Crippen LogP contribution in [0.3, 0.4) is 0 Å². The minimum absolute atomic E-state index is 0.0495. The summed E-state index contributed by atoms with van der Waals surface area (Å²) in [6.45, 7) is 8.80. The van der Waals surface area contributed by atoms with Crippen LogP contribution >= 0.6 is 0 Å². The summed E-state index contributed by atoms with van der Waals surface area (Å²) in [5, 5.41) is 0. The standard InChI is InChI=1S/C15H19NO4/c1-10(17)18-12-5-7-15-9-13(12)19-14(15)4-3-11(20-15)6-8-16-2/h5,7,11-14H,3-4,6,8-9H2,1H3/t11-,12-,13-,14+,15+/m1/s1. The molecule has 0 radical (unpaired) electrons. The Morgan fingerprint density at radius 3 is 3.15 bits per heavy atom. The van der Waals surface area contributed by atoms with E-state index in [1.807, 2.05) is 12.2 Å². The lowest BCUT2D eigenvalue weighted by molar-refractivity contribution is -0.152. The van der Waals surface area contributed by atoms with Crippen LogP contribution < -0.4 is 0 Å². The van der Waals surface area contributed by atoms with Gasteiger partial charge in [0.2, 0.25) is 6.54 Å². The lowest BCUT2D eigenvalue weighted by Crippen LogP contribution is -2.48. The van der Waals surface area contributed by atoms with Gasteiger partial charge in [0.1, 0.15) is 17.8 Å². The normalized spacial score (nSPS) is 41.8. The Labute approximate surface area is 118 Å². The SMILES string of the molecule is [C-]#[N+]CC[C@H]1CC[C@@H]2O[C@@H]3C[C@]2(C=C[C@H]3OC(C)=O)O1. The number of esters is 1. The van der Waals surface area contributed by atoms with Crippen LogP contribution in [0.4, 0.5) is 0 Å². The fourth-order valence-electron chi connectivity index (χ4n) is 3.47. The highest BCUT2D eigenvalue weighted by atomic mass is 16.6. The molecule has 2 bridgehead atoms. The third-order valence-corrected chi connectivity index (χ3v) is 4.34. The van der Waals surface area contributed by atoms with Crippen molar-refractivity contribution in [3.63, 3.8) is 0 Å². The molecule has 1 aliphatic carbocycles. The largest absolute Gasteiger partial charge is 0.456 e. The highest BCUT2D eigenvalue weighted by Gasteiger charge is 2.55. The number of carbonyl (C=O) groups excluding carboxylic acids is 1. The number of hydrogen-bond acceptors (Lipinski definition) is 4. The Hall–Kier alpha value is -1.38. The summed E-state index contributed by atoms with van der Waals surface area (Å²) < 4.78 is 17.5. The molecule has 2 fully saturated rings. The first-order chi connectivity index (χ1) is 9.63. The summed E-state index contributed by atoms with van der Waals surface area (Å²) >= 11 is 0. The average Bonchev–Trinajstić information content (AvgIpc) is 2.72. The van der Waals surface area contributed by atoms with Crippen LogP contribution in [0.5, 0.6) is 0 Å². The third-order valence-electron chi connectivity index (χ3n) is 4.34. The minimum Gasteiger partial charge on any atom is -0.456 e. The van der Waals surface area contributed by atoms with E-state index in [-0.39, 0.29) is 36.0 Å². The van der Waals surface area contributed by atoms with Gasteiger partial charge in [-0.3, -0.25) is 4.79 Å². The average molecular weight is 277 g/mol. The third kappa shape index (κ3) is 2.34. The number of nitrogens with zero attached hydrogens (tertiary/aromatic N) is 1. The summed E-state index contributed by atoms with van der Waals surface area (Å²) in [5.74, 6) is -0.287. The van der Waals surface area contributed by atoms with Gasteiger partial charge in [0.05, 0.1) is 12.2 Å². The molecule has 0 aromatic carbocycles. The summed E-state index contributed by atoms with van der Waals surface area (Å²) in [4.78, 5) is 14.5. The predicted molar refractivity (Wildman–Crippen MR) is 70.9 cm³/mol. The van der Waals surface area contributed by atoms with Gasteiger partial charge in [-0.25, -0.2) is 6.57 Å². The van der Waals surface area contributed by atoms with Gasteiger partial charge in [0.25, 0.3) is 0 Å². The zero-order valence-electron chi connectivity index (χ0n) is 11.6. The highest BCUT2D eigenvalue weighted by Crippen LogP contribution is 2.47. The maximum Gasteiger partial charge on any atom is 0.303 e. The highest BCUT2D eigenvalue weighted by molar-refractivity contribution is 5.66. The number of hydrogen-bond donors (Lipinski definition) is 0. The monoisotopic (exact) mass is 277 g/mol. The number of fused-ring (bicyclic) bond motifs is 1. The van der Waals surface area contributed by atoms with Gasteiger partial charge in [0, 0.05) is 19.8 Å². The molecule has 5 heteroatoms. The Bertz CT molecular complexity index is 469. The smallest absolute Gasteiger partial charge is 0.303 e. The van der Waals surface area contributed by atoms with Crippen molar-refractivity contribution in [3.8, 4) is 0 Å². The van der Waals surface area contributed by atoms with Gasteiger partial charge in [-0.15, -0.1) is 0 Å². The van der Waals surface area contributed by atoms with E-state index in [0.29, 0.717) is 6.54 Å². The molecule has 3 aliphatic rings. The Kier molecular flexibility index (Phi) is 3.53. The second-order valence-corrected chi connectivity index (χ2v) is 5.74. The van der Waals surface area contributed by atoms with E-state index in [9.17, 15) is 4.79 Å². The number of ether oxygens (including phenoxy) is 3. The summed E-state index contributed by atoms with van der Waals surface area (Å²) in [5.41, 5.74) is -0.369. The van der Waals surface area contributed by atoms with Crippen LogP contribution in [0.15, 0.2) is 12.2 Å². The zero-order chi connectivity index (χ0) is 14.2. The Morgan fingerprint density at radius 2 is 2.40 bits per heavy atom. The number of carbonyl (C=O) groups is 1. The summed E-state index contributed by atoms with van der Waals surface area (Å²) in [6, 6.07) is 0. The molecule has 0 unspecified atom stereocenters. The van der Waals surface area contributed by atoms with E-state index in [1.165, 1.54) is 6.92 Å². The van der Waals surface area contributed by atoms with E-state index in [2.05, 4.69) is 4.85 Å². The first-order valence-electron chi connectivity index (χ1n) is 7.16. The second kappa shape index (κ2) is 5.19. The van der Waals surface area contributed by atoms with Crippen molar-refractivity contribution < 1.29 is 19.0 Å². The second-order valence-electron chi connectivity index (χ2n) is 5.74. The Morgan fingerprint density at radius 1 is 1.55 bits per heavy atom. The molecular weight excluding hydrogens is 258 g/mol. The van der Waals surface area contributed by atoms with Crippen molar-refractivity contribution in [2.45, 2.75) is 62.6 Å². The fourth-order valence-corrected chi connectivity index (χ4v) is 3.47. The van der Waals surface area contributed by atoms with Crippen molar-refractivity contribution in [2.24, 2.45) is 0 Å². The molecule has 5 atom stereocenters. The molecular formula is C15H19NO4. The van der Waals surface area contributed by atoms with Crippen LogP contribution in [-0.2, 0) is 19.0 Å². The topological polar surface area (TPSA) is 49.1 Å². The molecule has 3 rings (SSSR count). The fraction of sp³-hybridized carbons (Fsp3) is 0.733. The van der Waals surface area contributed by atoms with Gasteiger partial charge >= 0.3 is 5.97 Å². The van der Waals surface area contributed by atoms with Gasteiger partial charge in [-0.05, 0) is 18.9 Å². The molecule has 1 spiro atoms. The van der Waals surface area contributed by atoms with Crippen LogP contribution in [0, 0.1) is 6.57 Å². The Balaban J connectivity index is 1.71. The molecule has 0 amide bonds. The van der Waals surface area contributed by atoms with Crippen molar-refractivity contribution in [2.75, 3.05) is 6.54 Å². The van der Waals surface area contributed by atoms with Gasteiger partial charge in [-0.2, -0.15) is 0 Å². The lowest BCUT2D eigenvalue weighted by atomic mass is 9.82. The van der Waals surface area contributed by atoms with Crippen molar-refractivity contribution in [1.29, 1.82) is 0 Å². The van der Waals surface area contributed by atoms with E-state index in [4.69, 9.17) is 20.8 Å². The summed E-state index contributed by atoms with van der Waals surface area (Å²) in [6.07, 6.45) is 7.08. The molecule has 2 aliphatic heterocycles. The minimum atomic E-state index is -0.369. The van der Waals surface area contributed by atoms with Crippen molar-refractivity contribution in [3.05, 3.63) is 23.6 Å². The molecule has 20 heavy (non-hydrogen) atoms. The van der Waals surface area contributed by atoms with E-state index in [1.54, 1.807) is 0 Å². The molecule has 0 N–H and O–H groups in total. The molecule has 0 aromatic heterocycles. The van der Waals surface area contributed by atoms with Crippen LogP contribution in [0.2, 0.25) is 0 Å². The zero-order valence-corrected chi connectivity index (χ0v) is 11.6. The maximum atomic E-state index is 11.1. The molecule has 2 heterocycles. The lowest BCUT2D eigenvalue weighted by Gasteiger charge is -2.40. The van der Waals surface area contributed by atoms with Gasteiger partial charge in [0.15, 0.2) is 0 Å². The van der Waals surface area contributed by atoms with Crippen LogP contribution in [-0.4, -0.2) is 42.5 Å². The van der Waals surface area contributed by atoms with E-state index in [0.717, 1.165) is 25.7 Å². The van der Waals surface area contributed by atoms with Crippen molar-refractivity contribution in [1.82, 2.24) is 0 Å². The first-order valence-corrected chi connectivity index (χ1v) is 7.16. The van der Waals surface area contributed by atoms with Gasteiger partial charge in [-0.1, -0.05) is 6.08 Å². The van der Waals surface area contributed by atoms with Crippen LogP contribution in [0.25, 0.3) is 4.85 Å². The quantitative estimate of drug-likeness (QED) is 0.449. The summed E-state index contributed by atoms with van der Waals surface area (Å²) in [7, 11) is 0. The maximum absolute atomic E-state index is 11.1.